The topological polar surface area (TPSA) is 33.2 Å². The lowest BCUT2D eigenvalue weighted by Crippen LogP contribution is -2.31. The first-order valence-corrected chi connectivity index (χ1v) is 7.99. The van der Waals surface area contributed by atoms with E-state index < -0.39 is 0 Å². The number of carbonyl (C=O) groups excluding carboxylic acids is 1. The molecule has 2 aromatic carbocycles. The van der Waals surface area contributed by atoms with Gasteiger partial charge in [0.2, 0.25) is 0 Å². The first kappa shape index (κ1) is 15.9. The largest absolute Gasteiger partial charge is 0.304 e. The molecule has 1 aromatic heterocycles. The van der Waals surface area contributed by atoms with Gasteiger partial charge in [-0.15, -0.1) is 0 Å². The van der Waals surface area contributed by atoms with Gasteiger partial charge in [0.15, 0.2) is 0 Å². The minimum Gasteiger partial charge on any atom is -0.304 e. The number of aromatic nitrogens is 1. The molecule has 1 amide bonds. The van der Waals surface area contributed by atoms with Crippen molar-refractivity contribution in [3.63, 3.8) is 0 Å². The van der Waals surface area contributed by atoms with Gasteiger partial charge < -0.3 is 4.90 Å². The second kappa shape index (κ2) is 7.09. The monoisotopic (exact) mass is 316 g/mol. The Hall–Kier alpha value is -2.94. The molecular formula is C21H20N2O. The van der Waals surface area contributed by atoms with Crippen LogP contribution in [0.5, 0.6) is 0 Å². The van der Waals surface area contributed by atoms with Crippen LogP contribution in [0.1, 0.15) is 27.0 Å². The molecule has 0 aliphatic carbocycles. The zero-order chi connectivity index (χ0) is 16.9. The molecule has 120 valence electrons. The summed E-state index contributed by atoms with van der Waals surface area (Å²) in [4.78, 5) is 19.0. The fourth-order valence-electron chi connectivity index (χ4n) is 2.71. The second-order valence-corrected chi connectivity index (χ2v) is 5.83. The molecule has 0 spiro atoms. The molecular weight excluding hydrogens is 296 g/mol. The summed E-state index contributed by atoms with van der Waals surface area (Å²) >= 11 is 0. The first-order valence-electron chi connectivity index (χ1n) is 7.99. The molecule has 1 heterocycles. The molecule has 0 saturated heterocycles. The lowest BCUT2D eigenvalue weighted by atomic mass is 10.1. The van der Waals surface area contributed by atoms with Gasteiger partial charge in [0.1, 0.15) is 0 Å². The van der Waals surface area contributed by atoms with Crippen LogP contribution in [0.2, 0.25) is 0 Å². The Morgan fingerprint density at radius 2 is 1.62 bits per heavy atom. The zero-order valence-corrected chi connectivity index (χ0v) is 13.9. The standard InChI is InChI=1S/C21H20N2O/c1-16-7-6-10-20(17(16)2)23(15-18-8-4-3-5-9-18)21(24)19-11-13-22-14-12-19/h3-14H,15H2,1-2H3. The highest BCUT2D eigenvalue weighted by molar-refractivity contribution is 6.06. The third-order valence-electron chi connectivity index (χ3n) is 4.22. The van der Waals surface area contributed by atoms with Gasteiger partial charge >= 0.3 is 0 Å². The number of nitrogens with zero attached hydrogens (tertiary/aromatic N) is 2. The summed E-state index contributed by atoms with van der Waals surface area (Å²) in [5, 5.41) is 0. The van der Waals surface area contributed by atoms with Crippen molar-refractivity contribution in [3.05, 3.63) is 95.3 Å². The Balaban J connectivity index is 2.04. The van der Waals surface area contributed by atoms with E-state index in [1.54, 1.807) is 24.5 Å². The zero-order valence-electron chi connectivity index (χ0n) is 13.9. The van der Waals surface area contributed by atoms with Crippen LogP contribution in [-0.4, -0.2) is 10.9 Å². The number of amides is 1. The molecule has 3 heteroatoms. The van der Waals surface area contributed by atoms with Crippen LogP contribution >= 0.6 is 0 Å². The van der Waals surface area contributed by atoms with Crippen LogP contribution in [-0.2, 0) is 6.54 Å². The number of hydrogen-bond donors (Lipinski definition) is 0. The third-order valence-corrected chi connectivity index (χ3v) is 4.22. The maximum Gasteiger partial charge on any atom is 0.258 e. The second-order valence-electron chi connectivity index (χ2n) is 5.83. The molecule has 3 aromatic rings. The lowest BCUT2D eigenvalue weighted by molar-refractivity contribution is 0.0985. The Bertz CT molecular complexity index is 829. The van der Waals surface area contributed by atoms with Crippen molar-refractivity contribution in [2.75, 3.05) is 4.90 Å². The SMILES string of the molecule is Cc1cccc(N(Cc2ccccc2)C(=O)c2ccncc2)c1C. The van der Waals surface area contributed by atoms with E-state index in [-0.39, 0.29) is 5.91 Å². The Morgan fingerprint density at radius 1 is 0.917 bits per heavy atom. The van der Waals surface area contributed by atoms with Crippen LogP contribution in [0.25, 0.3) is 0 Å². The number of pyridine rings is 1. The molecule has 3 rings (SSSR count). The number of anilines is 1. The molecule has 24 heavy (non-hydrogen) atoms. The Labute approximate surface area is 142 Å². The lowest BCUT2D eigenvalue weighted by Gasteiger charge is -2.25. The van der Waals surface area contributed by atoms with Crippen molar-refractivity contribution in [1.82, 2.24) is 4.98 Å². The maximum atomic E-state index is 13.1. The molecule has 0 radical (unpaired) electrons. The maximum absolute atomic E-state index is 13.1. The highest BCUT2D eigenvalue weighted by Gasteiger charge is 2.20. The molecule has 3 nitrogen and oxygen atoms in total. The van der Waals surface area contributed by atoms with E-state index in [1.807, 2.05) is 47.4 Å². The molecule has 0 fully saturated rings. The molecule has 0 unspecified atom stereocenters. The normalized spacial score (nSPS) is 10.4. The van der Waals surface area contributed by atoms with E-state index in [1.165, 1.54) is 5.56 Å². The summed E-state index contributed by atoms with van der Waals surface area (Å²) in [6.45, 7) is 4.66. The van der Waals surface area contributed by atoms with Crippen LogP contribution in [0.4, 0.5) is 5.69 Å². The van der Waals surface area contributed by atoms with Crippen LogP contribution < -0.4 is 4.90 Å². The minimum atomic E-state index is -0.0186. The highest BCUT2D eigenvalue weighted by Crippen LogP contribution is 2.26. The van der Waals surface area contributed by atoms with E-state index in [2.05, 4.69) is 24.9 Å². The molecule has 0 atom stereocenters. The van der Waals surface area contributed by atoms with E-state index in [0.29, 0.717) is 12.1 Å². The van der Waals surface area contributed by atoms with Gasteiger partial charge in [-0.25, -0.2) is 0 Å². The summed E-state index contributed by atoms with van der Waals surface area (Å²) in [7, 11) is 0. The van der Waals surface area contributed by atoms with Gasteiger partial charge in [0.05, 0.1) is 6.54 Å². The fraction of sp³-hybridized carbons (Fsp3) is 0.143. The van der Waals surface area contributed by atoms with Gasteiger partial charge in [-0.1, -0.05) is 42.5 Å². The van der Waals surface area contributed by atoms with Gasteiger partial charge in [0, 0.05) is 23.6 Å². The van der Waals surface area contributed by atoms with Crippen molar-refractivity contribution in [2.45, 2.75) is 20.4 Å². The van der Waals surface area contributed by atoms with Crippen molar-refractivity contribution in [2.24, 2.45) is 0 Å². The smallest absolute Gasteiger partial charge is 0.258 e. The average Bonchev–Trinajstić information content (AvgIpc) is 2.63. The Kier molecular flexibility index (Phi) is 4.71. The van der Waals surface area contributed by atoms with Gasteiger partial charge in [0.25, 0.3) is 5.91 Å². The number of aryl methyl sites for hydroxylation is 1. The number of carbonyl (C=O) groups is 1. The Morgan fingerprint density at radius 3 is 2.33 bits per heavy atom. The number of rotatable bonds is 4. The van der Waals surface area contributed by atoms with Crippen LogP contribution in [0.3, 0.4) is 0 Å². The molecule has 0 saturated carbocycles. The van der Waals surface area contributed by atoms with Crippen molar-refractivity contribution in [1.29, 1.82) is 0 Å². The van der Waals surface area contributed by atoms with Crippen molar-refractivity contribution < 1.29 is 4.79 Å². The number of hydrogen-bond acceptors (Lipinski definition) is 2. The molecule has 0 N–H and O–H groups in total. The highest BCUT2D eigenvalue weighted by atomic mass is 16.2. The quantitative estimate of drug-likeness (QED) is 0.707. The summed E-state index contributed by atoms with van der Waals surface area (Å²) in [6, 6.07) is 19.6. The number of benzene rings is 2. The summed E-state index contributed by atoms with van der Waals surface area (Å²) in [6.07, 6.45) is 3.30. The van der Waals surface area contributed by atoms with E-state index >= 15 is 0 Å². The minimum absolute atomic E-state index is 0.0186. The van der Waals surface area contributed by atoms with E-state index in [9.17, 15) is 4.79 Å². The average molecular weight is 316 g/mol. The predicted octanol–water partition coefficient (Wildman–Crippen LogP) is 4.55. The fourth-order valence-corrected chi connectivity index (χ4v) is 2.71. The van der Waals surface area contributed by atoms with E-state index in [4.69, 9.17) is 0 Å². The summed E-state index contributed by atoms with van der Waals surface area (Å²) in [5.74, 6) is -0.0186. The van der Waals surface area contributed by atoms with E-state index in [0.717, 1.165) is 16.8 Å². The first-order chi connectivity index (χ1) is 11.7. The summed E-state index contributed by atoms with van der Waals surface area (Å²) in [5.41, 5.74) is 4.98. The molecule has 0 aliphatic rings. The molecule has 0 aliphatic heterocycles. The summed E-state index contributed by atoms with van der Waals surface area (Å²) < 4.78 is 0. The van der Waals surface area contributed by atoms with Crippen LogP contribution in [0, 0.1) is 13.8 Å². The van der Waals surface area contributed by atoms with Gasteiger partial charge in [-0.3, -0.25) is 9.78 Å². The van der Waals surface area contributed by atoms with Crippen LogP contribution in [0.15, 0.2) is 73.1 Å². The van der Waals surface area contributed by atoms with Crippen molar-refractivity contribution in [3.8, 4) is 0 Å². The third kappa shape index (κ3) is 3.35. The predicted molar refractivity (Wildman–Crippen MR) is 97.1 cm³/mol. The van der Waals surface area contributed by atoms with Gasteiger partial charge in [-0.2, -0.15) is 0 Å². The van der Waals surface area contributed by atoms with Crippen molar-refractivity contribution >= 4 is 11.6 Å². The van der Waals surface area contributed by atoms with Gasteiger partial charge in [-0.05, 0) is 48.7 Å². The molecule has 0 bridgehead atoms.